The number of aryl methyl sites for hydroxylation is 1. The quantitative estimate of drug-likeness (QED) is 0.839. The van der Waals surface area contributed by atoms with Gasteiger partial charge in [-0.05, 0) is 51.0 Å². The summed E-state index contributed by atoms with van der Waals surface area (Å²) < 4.78 is 5.63. The van der Waals surface area contributed by atoms with Gasteiger partial charge in [0.25, 0.3) is 0 Å². The molecule has 2 nitrogen and oxygen atoms in total. The maximum atomic E-state index is 5.92. The Morgan fingerprint density at radius 2 is 2.06 bits per heavy atom. The van der Waals surface area contributed by atoms with Crippen LogP contribution in [0, 0.1) is 6.92 Å². The Morgan fingerprint density at radius 1 is 1.35 bits per heavy atom. The highest BCUT2D eigenvalue weighted by atomic mass is 35.5. The third kappa shape index (κ3) is 5.07. The number of nitrogens with one attached hydrogen (secondary N) is 1. The highest BCUT2D eigenvalue weighted by Gasteiger charge is 2.16. The summed E-state index contributed by atoms with van der Waals surface area (Å²) in [5.74, 6) is 0. The van der Waals surface area contributed by atoms with Crippen LogP contribution in [-0.2, 0) is 11.3 Å². The van der Waals surface area contributed by atoms with Crippen LogP contribution >= 0.6 is 11.6 Å². The minimum absolute atomic E-state index is 0.116. The van der Waals surface area contributed by atoms with Gasteiger partial charge in [0.15, 0.2) is 0 Å². The molecule has 0 saturated carbocycles. The van der Waals surface area contributed by atoms with E-state index < -0.39 is 0 Å². The van der Waals surface area contributed by atoms with Crippen LogP contribution in [-0.4, -0.2) is 18.8 Å². The molecule has 1 rings (SSSR count). The first-order chi connectivity index (χ1) is 7.94. The molecular weight excluding hydrogens is 234 g/mol. The molecule has 0 bridgehead atoms. The molecule has 3 heteroatoms. The molecule has 0 aliphatic rings. The van der Waals surface area contributed by atoms with Gasteiger partial charge in [-0.25, -0.2) is 0 Å². The zero-order valence-electron chi connectivity index (χ0n) is 11.1. The molecule has 96 valence electrons. The van der Waals surface area contributed by atoms with Crippen molar-refractivity contribution in [3.63, 3.8) is 0 Å². The molecule has 1 N–H and O–H groups in total. The van der Waals surface area contributed by atoms with E-state index in [-0.39, 0.29) is 5.60 Å². The lowest BCUT2D eigenvalue weighted by molar-refractivity contribution is -0.00898. The Hall–Kier alpha value is -0.570. The van der Waals surface area contributed by atoms with E-state index in [4.69, 9.17) is 16.3 Å². The number of benzene rings is 1. The summed E-state index contributed by atoms with van der Waals surface area (Å²) in [5.41, 5.74) is 2.38. The highest BCUT2D eigenvalue weighted by molar-refractivity contribution is 6.30. The Bertz CT molecular complexity index is 363. The summed E-state index contributed by atoms with van der Waals surface area (Å²) in [4.78, 5) is 0. The summed E-state index contributed by atoms with van der Waals surface area (Å²) in [6.45, 7) is 10.7. The molecule has 0 spiro atoms. The Kier molecular flexibility index (Phi) is 5.44. The van der Waals surface area contributed by atoms with Gasteiger partial charge in [-0.1, -0.05) is 17.7 Å². The lowest BCUT2D eigenvalue weighted by Gasteiger charge is -2.25. The predicted octanol–water partition coefficient (Wildman–Crippen LogP) is 3.55. The summed E-state index contributed by atoms with van der Waals surface area (Å²) in [6.07, 6.45) is 0. The first-order valence-corrected chi connectivity index (χ1v) is 6.42. The minimum atomic E-state index is -0.116. The van der Waals surface area contributed by atoms with Crippen molar-refractivity contribution in [2.24, 2.45) is 0 Å². The molecule has 0 aromatic heterocycles. The Morgan fingerprint density at radius 3 is 2.65 bits per heavy atom. The van der Waals surface area contributed by atoms with Crippen LogP contribution in [0.15, 0.2) is 18.2 Å². The summed E-state index contributed by atoms with van der Waals surface area (Å²) in [6, 6.07) is 5.99. The molecule has 1 aromatic rings. The molecule has 0 aliphatic heterocycles. The minimum Gasteiger partial charge on any atom is -0.375 e. The maximum Gasteiger partial charge on any atom is 0.0750 e. The molecule has 0 amide bonds. The third-order valence-corrected chi connectivity index (χ3v) is 2.94. The van der Waals surface area contributed by atoms with Crippen LogP contribution in [0.4, 0.5) is 0 Å². The molecule has 0 unspecified atom stereocenters. The maximum absolute atomic E-state index is 5.92. The largest absolute Gasteiger partial charge is 0.375 e. The molecule has 17 heavy (non-hydrogen) atoms. The van der Waals surface area contributed by atoms with E-state index in [1.54, 1.807) is 0 Å². The number of ether oxygens (including phenoxy) is 1. The number of hydrogen-bond donors (Lipinski definition) is 1. The van der Waals surface area contributed by atoms with Gasteiger partial charge in [0, 0.05) is 24.7 Å². The van der Waals surface area contributed by atoms with E-state index in [1.807, 2.05) is 19.1 Å². The number of halogens is 1. The zero-order valence-corrected chi connectivity index (χ0v) is 11.9. The smallest absolute Gasteiger partial charge is 0.0750 e. The molecule has 0 fully saturated rings. The van der Waals surface area contributed by atoms with Gasteiger partial charge in [-0.3, -0.25) is 0 Å². The predicted molar refractivity (Wildman–Crippen MR) is 73.6 cm³/mol. The van der Waals surface area contributed by atoms with Crippen molar-refractivity contribution in [1.29, 1.82) is 0 Å². The van der Waals surface area contributed by atoms with Crippen molar-refractivity contribution >= 4 is 11.6 Å². The summed E-state index contributed by atoms with van der Waals surface area (Å²) in [5, 5.41) is 4.21. The second-order valence-electron chi connectivity index (χ2n) is 4.87. The molecule has 0 radical (unpaired) electrons. The van der Waals surface area contributed by atoms with E-state index in [1.165, 1.54) is 11.1 Å². The van der Waals surface area contributed by atoms with Crippen LogP contribution in [0.5, 0.6) is 0 Å². The normalized spacial score (nSPS) is 11.8. The second-order valence-corrected chi connectivity index (χ2v) is 5.30. The van der Waals surface area contributed by atoms with Gasteiger partial charge >= 0.3 is 0 Å². The van der Waals surface area contributed by atoms with E-state index in [0.717, 1.165) is 24.7 Å². The lowest BCUT2D eigenvalue weighted by atomic mass is 10.1. The van der Waals surface area contributed by atoms with Crippen molar-refractivity contribution in [2.45, 2.75) is 39.8 Å². The van der Waals surface area contributed by atoms with Crippen molar-refractivity contribution in [3.05, 3.63) is 34.3 Å². The number of hydrogen-bond acceptors (Lipinski definition) is 2. The standard InChI is InChI=1S/C14H22ClNO/c1-5-17-14(3,4)10-16-9-12-6-7-13(15)8-11(12)2/h6-8,16H,5,9-10H2,1-4H3. The zero-order chi connectivity index (χ0) is 12.9. The monoisotopic (exact) mass is 255 g/mol. The SMILES string of the molecule is CCOC(C)(C)CNCc1ccc(Cl)cc1C. The highest BCUT2D eigenvalue weighted by Crippen LogP contribution is 2.15. The second kappa shape index (κ2) is 6.39. The first kappa shape index (κ1) is 14.5. The van der Waals surface area contributed by atoms with Crippen LogP contribution in [0.2, 0.25) is 5.02 Å². The van der Waals surface area contributed by atoms with Crippen LogP contribution in [0.3, 0.4) is 0 Å². The van der Waals surface area contributed by atoms with E-state index in [0.29, 0.717) is 0 Å². The Labute approximate surface area is 109 Å². The van der Waals surface area contributed by atoms with Crippen LogP contribution in [0.1, 0.15) is 31.9 Å². The topological polar surface area (TPSA) is 21.3 Å². The average Bonchev–Trinajstić information content (AvgIpc) is 2.21. The molecule has 1 aromatic carbocycles. The van der Waals surface area contributed by atoms with Gasteiger partial charge in [-0.2, -0.15) is 0 Å². The van der Waals surface area contributed by atoms with Gasteiger partial charge in [0.2, 0.25) is 0 Å². The summed E-state index contributed by atoms with van der Waals surface area (Å²) >= 11 is 5.92. The Balaban J connectivity index is 2.46. The van der Waals surface area contributed by atoms with E-state index in [2.05, 4.69) is 32.2 Å². The molecular formula is C14H22ClNO. The summed E-state index contributed by atoms with van der Waals surface area (Å²) in [7, 11) is 0. The van der Waals surface area contributed by atoms with E-state index >= 15 is 0 Å². The fraction of sp³-hybridized carbons (Fsp3) is 0.571. The van der Waals surface area contributed by atoms with Crippen molar-refractivity contribution < 1.29 is 4.74 Å². The van der Waals surface area contributed by atoms with Gasteiger partial charge in [0.05, 0.1) is 5.60 Å². The van der Waals surface area contributed by atoms with Gasteiger partial charge in [0.1, 0.15) is 0 Å². The van der Waals surface area contributed by atoms with Gasteiger partial charge in [-0.15, -0.1) is 0 Å². The molecule has 0 atom stereocenters. The van der Waals surface area contributed by atoms with Crippen molar-refractivity contribution in [3.8, 4) is 0 Å². The molecule has 0 heterocycles. The number of rotatable bonds is 6. The van der Waals surface area contributed by atoms with Crippen molar-refractivity contribution in [1.82, 2.24) is 5.32 Å². The lowest BCUT2D eigenvalue weighted by Crippen LogP contribution is -2.37. The molecule has 0 aliphatic carbocycles. The van der Waals surface area contributed by atoms with Crippen molar-refractivity contribution in [2.75, 3.05) is 13.2 Å². The third-order valence-electron chi connectivity index (χ3n) is 2.71. The first-order valence-electron chi connectivity index (χ1n) is 6.04. The van der Waals surface area contributed by atoms with Crippen LogP contribution in [0.25, 0.3) is 0 Å². The van der Waals surface area contributed by atoms with Gasteiger partial charge < -0.3 is 10.1 Å². The fourth-order valence-corrected chi connectivity index (χ4v) is 2.02. The average molecular weight is 256 g/mol. The van der Waals surface area contributed by atoms with E-state index in [9.17, 15) is 0 Å². The van der Waals surface area contributed by atoms with Crippen LogP contribution < -0.4 is 5.32 Å². The fourth-order valence-electron chi connectivity index (χ4n) is 1.80. The molecule has 0 saturated heterocycles.